The van der Waals surface area contributed by atoms with Gasteiger partial charge in [0.15, 0.2) is 5.82 Å². The fourth-order valence-electron chi connectivity index (χ4n) is 7.52. The van der Waals surface area contributed by atoms with Crippen molar-refractivity contribution in [2.45, 2.75) is 56.9 Å². The minimum atomic E-state index is -0.493. The summed E-state index contributed by atoms with van der Waals surface area (Å²) in [5.41, 5.74) is 13.0. The Morgan fingerprint density at radius 1 is 1.00 bits per heavy atom. The van der Waals surface area contributed by atoms with E-state index in [0.717, 1.165) is 104 Å². The van der Waals surface area contributed by atoms with Crippen molar-refractivity contribution in [2.24, 2.45) is 12.8 Å². The number of hydrogen-bond donors (Lipinski definition) is 2. The second-order valence-electron chi connectivity index (χ2n) is 13.4. The van der Waals surface area contributed by atoms with Crippen molar-refractivity contribution in [2.75, 3.05) is 26.2 Å². The van der Waals surface area contributed by atoms with Crippen LogP contribution in [0.4, 0.5) is 0 Å². The Balaban J connectivity index is 0.864. The van der Waals surface area contributed by atoms with Crippen LogP contribution in [0, 0.1) is 0 Å². The lowest BCUT2D eigenvalue weighted by atomic mass is 9.89. The molecule has 0 saturated carbocycles. The standard InChI is InChI=1S/C37H41N9O3/c1-43-31-20-26(7-10-29(31)36(42-43)45-17-13-34(47)41-37(45)48)25-11-15-44(16-12-25)14-3-2-5-24-19-32-35(39-23-40-46(32)22-24)27-8-9-28-30(38)6-4-18-49-33(28)21-27/h7-10,13,17,19-23,25,30H,2-6,11-12,14-16,18,38H2,1H3,(H,41,47,48). The number of aromatic amines is 1. The highest BCUT2D eigenvalue weighted by atomic mass is 16.5. The average molecular weight is 660 g/mol. The van der Waals surface area contributed by atoms with Gasteiger partial charge in [-0.15, -0.1) is 0 Å². The van der Waals surface area contributed by atoms with Crippen LogP contribution < -0.4 is 21.7 Å². The Kier molecular flexibility index (Phi) is 8.34. The van der Waals surface area contributed by atoms with Crippen molar-refractivity contribution < 1.29 is 4.74 Å². The predicted octanol–water partition coefficient (Wildman–Crippen LogP) is 4.50. The second-order valence-corrected chi connectivity index (χ2v) is 13.4. The van der Waals surface area contributed by atoms with Crippen molar-refractivity contribution in [3.05, 3.63) is 105 Å². The molecule has 1 atom stereocenters. The number of rotatable bonds is 8. The first kappa shape index (κ1) is 31.2. The van der Waals surface area contributed by atoms with E-state index in [9.17, 15) is 9.59 Å². The molecule has 0 bridgehead atoms. The van der Waals surface area contributed by atoms with Gasteiger partial charge < -0.3 is 15.4 Å². The zero-order valence-electron chi connectivity index (χ0n) is 27.7. The zero-order chi connectivity index (χ0) is 33.5. The van der Waals surface area contributed by atoms with Gasteiger partial charge >= 0.3 is 5.69 Å². The number of fused-ring (bicyclic) bond motifs is 3. The molecule has 252 valence electrons. The maximum atomic E-state index is 12.4. The number of unbranched alkanes of at least 4 members (excludes halogenated alkanes) is 1. The SMILES string of the molecule is Cn1nc(-n2ccc(=O)[nH]c2=O)c2ccc(C3CCN(CCCCc4cc5c(-c6ccc7c(c6)OCCCC7N)ncnn5c4)CC3)cc21. The molecule has 3 N–H and O–H groups in total. The zero-order valence-corrected chi connectivity index (χ0v) is 27.7. The highest BCUT2D eigenvalue weighted by Gasteiger charge is 2.23. The Morgan fingerprint density at radius 2 is 1.88 bits per heavy atom. The van der Waals surface area contributed by atoms with Crippen molar-refractivity contribution in [3.63, 3.8) is 0 Å². The van der Waals surface area contributed by atoms with Gasteiger partial charge in [-0.25, -0.2) is 14.3 Å². The van der Waals surface area contributed by atoms with Crippen LogP contribution in [0.2, 0.25) is 0 Å². The van der Waals surface area contributed by atoms with Crippen LogP contribution in [0.1, 0.15) is 67.2 Å². The third-order valence-corrected chi connectivity index (χ3v) is 10.2. The largest absolute Gasteiger partial charge is 0.493 e. The number of nitrogens with zero attached hydrogens (tertiary/aromatic N) is 7. The first-order chi connectivity index (χ1) is 23.9. The van der Waals surface area contributed by atoms with E-state index in [-0.39, 0.29) is 6.04 Å². The molecule has 1 fully saturated rings. The van der Waals surface area contributed by atoms with Crippen LogP contribution >= 0.6 is 0 Å². The van der Waals surface area contributed by atoms with E-state index >= 15 is 0 Å². The molecule has 2 aliphatic rings. The smallest absolute Gasteiger partial charge is 0.334 e. The van der Waals surface area contributed by atoms with Gasteiger partial charge in [0.2, 0.25) is 0 Å². The molecule has 2 aromatic carbocycles. The number of aromatic nitrogens is 7. The monoisotopic (exact) mass is 659 g/mol. The molecule has 12 heteroatoms. The fraction of sp³-hybridized carbons (Fsp3) is 0.378. The number of nitrogens with two attached hydrogens (primary N) is 1. The molecule has 1 saturated heterocycles. The van der Waals surface area contributed by atoms with Crippen LogP contribution in [0.15, 0.2) is 76.8 Å². The van der Waals surface area contributed by atoms with Crippen molar-refractivity contribution in [1.82, 2.24) is 38.8 Å². The summed E-state index contributed by atoms with van der Waals surface area (Å²) in [5.74, 6) is 1.87. The summed E-state index contributed by atoms with van der Waals surface area (Å²) in [6.07, 6.45) is 12.6. The molecule has 0 spiro atoms. The molecule has 0 aliphatic carbocycles. The number of ether oxygens (including phenoxy) is 1. The highest BCUT2D eigenvalue weighted by molar-refractivity contribution is 5.87. The molecule has 12 nitrogen and oxygen atoms in total. The van der Waals surface area contributed by atoms with Crippen LogP contribution in [-0.2, 0) is 13.5 Å². The minimum Gasteiger partial charge on any atom is -0.493 e. The maximum Gasteiger partial charge on any atom is 0.334 e. The number of nitrogens with one attached hydrogen (secondary N) is 1. The predicted molar refractivity (Wildman–Crippen MR) is 188 cm³/mol. The molecule has 8 rings (SSSR count). The van der Waals surface area contributed by atoms with Gasteiger partial charge in [-0.1, -0.05) is 18.2 Å². The van der Waals surface area contributed by atoms with Crippen molar-refractivity contribution >= 4 is 16.4 Å². The highest BCUT2D eigenvalue weighted by Crippen LogP contribution is 2.35. The first-order valence-corrected chi connectivity index (χ1v) is 17.3. The Morgan fingerprint density at radius 3 is 2.73 bits per heavy atom. The first-order valence-electron chi connectivity index (χ1n) is 17.3. The lowest BCUT2D eigenvalue weighted by molar-refractivity contribution is 0.209. The van der Waals surface area contributed by atoms with E-state index < -0.39 is 11.2 Å². The van der Waals surface area contributed by atoms with E-state index in [1.54, 1.807) is 6.33 Å². The van der Waals surface area contributed by atoms with Crippen molar-refractivity contribution in [1.29, 1.82) is 0 Å². The van der Waals surface area contributed by atoms with E-state index in [1.165, 1.54) is 28.0 Å². The van der Waals surface area contributed by atoms with E-state index in [2.05, 4.69) is 73.7 Å². The van der Waals surface area contributed by atoms with Gasteiger partial charge in [0.05, 0.1) is 23.3 Å². The van der Waals surface area contributed by atoms with E-state index in [4.69, 9.17) is 10.5 Å². The van der Waals surface area contributed by atoms with Gasteiger partial charge in [-0.05, 0) is 106 Å². The number of hydrogen-bond acceptors (Lipinski definition) is 8. The van der Waals surface area contributed by atoms with E-state index in [1.807, 2.05) is 16.2 Å². The lowest BCUT2D eigenvalue weighted by Gasteiger charge is -2.32. The third-order valence-electron chi connectivity index (χ3n) is 10.2. The fourth-order valence-corrected chi connectivity index (χ4v) is 7.52. The second kappa shape index (κ2) is 13.1. The number of aryl methyl sites for hydroxylation is 2. The molecule has 2 aliphatic heterocycles. The Bertz CT molecular complexity index is 2260. The normalized spacial score (nSPS) is 17.3. The van der Waals surface area contributed by atoms with Crippen molar-refractivity contribution in [3.8, 4) is 22.8 Å². The summed E-state index contributed by atoms with van der Waals surface area (Å²) in [4.78, 5) is 33.5. The number of benzene rings is 2. The molecular formula is C37H41N9O3. The van der Waals surface area contributed by atoms with Gasteiger partial charge in [0, 0.05) is 48.1 Å². The summed E-state index contributed by atoms with van der Waals surface area (Å²) in [6, 6.07) is 16.2. The number of likely N-dealkylation sites (tertiary alicyclic amines) is 1. The third kappa shape index (κ3) is 6.17. The molecular weight excluding hydrogens is 618 g/mol. The minimum absolute atomic E-state index is 0.00565. The molecule has 4 aromatic heterocycles. The molecule has 0 amide bonds. The van der Waals surface area contributed by atoms with Gasteiger partial charge in [-0.2, -0.15) is 10.2 Å². The summed E-state index contributed by atoms with van der Waals surface area (Å²) < 4.78 is 11.2. The van der Waals surface area contributed by atoms with Crippen LogP contribution in [0.25, 0.3) is 33.5 Å². The average Bonchev–Trinajstić information content (AvgIpc) is 3.62. The Hall–Kier alpha value is -5.07. The molecule has 49 heavy (non-hydrogen) atoms. The summed E-state index contributed by atoms with van der Waals surface area (Å²) in [7, 11) is 1.89. The summed E-state index contributed by atoms with van der Waals surface area (Å²) in [6.45, 7) is 3.94. The van der Waals surface area contributed by atoms with E-state index in [0.29, 0.717) is 18.3 Å². The number of H-pyrrole nitrogens is 1. The molecule has 0 radical (unpaired) electrons. The Labute approximate surface area is 283 Å². The summed E-state index contributed by atoms with van der Waals surface area (Å²) in [5, 5.41) is 9.97. The maximum absolute atomic E-state index is 12.4. The van der Waals surface area contributed by atoms with Gasteiger partial charge in [0.25, 0.3) is 5.56 Å². The molecule has 6 heterocycles. The van der Waals surface area contributed by atoms with Crippen LogP contribution in [0.3, 0.4) is 0 Å². The molecule has 1 unspecified atom stereocenters. The van der Waals surface area contributed by atoms with Crippen LogP contribution in [-0.4, -0.2) is 65.1 Å². The van der Waals surface area contributed by atoms with Gasteiger partial charge in [-0.3, -0.25) is 19.0 Å². The molecule has 6 aromatic rings. The summed E-state index contributed by atoms with van der Waals surface area (Å²) >= 11 is 0. The van der Waals surface area contributed by atoms with Gasteiger partial charge in [0.1, 0.15) is 12.1 Å². The number of piperidine rings is 1. The lowest BCUT2D eigenvalue weighted by Crippen LogP contribution is -2.33. The quantitative estimate of drug-likeness (QED) is 0.228. The van der Waals surface area contributed by atoms with Crippen LogP contribution in [0.5, 0.6) is 5.75 Å². The topological polar surface area (TPSA) is 141 Å².